The number of amides is 1. The Bertz CT molecular complexity index is 828. The molecular weight excluding hydrogens is 300 g/mol. The molecule has 0 aliphatic heterocycles. The van der Waals surface area contributed by atoms with Gasteiger partial charge in [0.25, 0.3) is 5.91 Å². The third-order valence-corrected chi connectivity index (χ3v) is 3.52. The standard InChI is InChI=1S/C16H15ClN4O/c1-2-9-21-14-6-4-3-5-12(14)19-16(21)20-15(22)13-10-11(17)7-8-18-13/h3-8,10H,2,9H2,1H3,(H,19,20,22). The molecule has 0 unspecified atom stereocenters. The minimum atomic E-state index is -0.324. The quantitative estimate of drug-likeness (QED) is 0.798. The Labute approximate surface area is 133 Å². The van der Waals surface area contributed by atoms with Gasteiger partial charge in [-0.15, -0.1) is 0 Å². The van der Waals surface area contributed by atoms with Crippen LogP contribution in [-0.4, -0.2) is 20.4 Å². The Morgan fingerprint density at radius 3 is 2.91 bits per heavy atom. The van der Waals surface area contributed by atoms with Gasteiger partial charge < -0.3 is 4.57 Å². The van der Waals surface area contributed by atoms with E-state index in [1.165, 1.54) is 12.3 Å². The van der Waals surface area contributed by atoms with Crippen molar-refractivity contribution in [3.8, 4) is 0 Å². The second-order valence-electron chi connectivity index (χ2n) is 4.89. The van der Waals surface area contributed by atoms with Crippen molar-refractivity contribution in [2.45, 2.75) is 19.9 Å². The number of imidazole rings is 1. The molecule has 22 heavy (non-hydrogen) atoms. The number of hydrogen-bond acceptors (Lipinski definition) is 3. The van der Waals surface area contributed by atoms with E-state index in [4.69, 9.17) is 11.6 Å². The second kappa shape index (κ2) is 6.15. The number of fused-ring (bicyclic) bond motifs is 1. The Balaban J connectivity index is 1.96. The van der Waals surface area contributed by atoms with Gasteiger partial charge in [0.1, 0.15) is 5.69 Å². The van der Waals surface area contributed by atoms with Gasteiger partial charge in [-0.1, -0.05) is 30.7 Å². The van der Waals surface area contributed by atoms with E-state index in [1.54, 1.807) is 6.07 Å². The summed E-state index contributed by atoms with van der Waals surface area (Å²) in [6, 6.07) is 11.0. The zero-order chi connectivity index (χ0) is 15.5. The van der Waals surface area contributed by atoms with Crippen LogP contribution < -0.4 is 5.32 Å². The number of carbonyl (C=O) groups excluding carboxylic acids is 1. The van der Waals surface area contributed by atoms with E-state index in [0.29, 0.717) is 11.0 Å². The van der Waals surface area contributed by atoms with E-state index in [0.717, 1.165) is 24.0 Å². The summed E-state index contributed by atoms with van der Waals surface area (Å²) in [5, 5.41) is 3.29. The molecule has 0 saturated heterocycles. The smallest absolute Gasteiger partial charge is 0.276 e. The van der Waals surface area contributed by atoms with E-state index < -0.39 is 0 Å². The van der Waals surface area contributed by atoms with Crippen LogP contribution in [0.5, 0.6) is 0 Å². The van der Waals surface area contributed by atoms with Gasteiger partial charge in [-0.05, 0) is 30.7 Å². The Hall–Kier alpha value is -2.40. The van der Waals surface area contributed by atoms with E-state index >= 15 is 0 Å². The molecule has 1 N–H and O–H groups in total. The fourth-order valence-electron chi connectivity index (χ4n) is 2.32. The first-order valence-electron chi connectivity index (χ1n) is 7.07. The number of benzene rings is 1. The first kappa shape index (κ1) is 14.5. The highest BCUT2D eigenvalue weighted by molar-refractivity contribution is 6.30. The maximum absolute atomic E-state index is 12.3. The Morgan fingerprint density at radius 2 is 2.14 bits per heavy atom. The maximum atomic E-state index is 12.3. The number of aromatic nitrogens is 3. The summed E-state index contributed by atoms with van der Waals surface area (Å²) in [5.74, 6) is 0.199. The lowest BCUT2D eigenvalue weighted by atomic mass is 10.3. The van der Waals surface area contributed by atoms with Crippen LogP contribution in [0.3, 0.4) is 0 Å². The van der Waals surface area contributed by atoms with Crippen molar-refractivity contribution >= 4 is 34.5 Å². The highest BCUT2D eigenvalue weighted by atomic mass is 35.5. The fourth-order valence-corrected chi connectivity index (χ4v) is 2.48. The molecule has 0 fully saturated rings. The number of rotatable bonds is 4. The van der Waals surface area contributed by atoms with Crippen LogP contribution >= 0.6 is 11.6 Å². The predicted octanol–water partition coefficient (Wildman–Crippen LogP) is 3.75. The van der Waals surface area contributed by atoms with Crippen molar-refractivity contribution in [2.75, 3.05) is 5.32 Å². The summed E-state index contributed by atoms with van der Waals surface area (Å²) in [6.45, 7) is 2.86. The third-order valence-electron chi connectivity index (χ3n) is 3.28. The Morgan fingerprint density at radius 1 is 1.32 bits per heavy atom. The summed E-state index contributed by atoms with van der Waals surface area (Å²) < 4.78 is 2.00. The van der Waals surface area contributed by atoms with Crippen molar-refractivity contribution in [2.24, 2.45) is 0 Å². The topological polar surface area (TPSA) is 59.8 Å². The molecule has 0 bridgehead atoms. The average Bonchev–Trinajstić information content (AvgIpc) is 2.85. The normalized spacial score (nSPS) is 10.8. The molecule has 3 rings (SSSR count). The highest BCUT2D eigenvalue weighted by Crippen LogP contribution is 2.20. The average molecular weight is 315 g/mol. The van der Waals surface area contributed by atoms with Gasteiger partial charge >= 0.3 is 0 Å². The molecule has 2 heterocycles. The van der Waals surface area contributed by atoms with Crippen molar-refractivity contribution in [1.29, 1.82) is 0 Å². The molecule has 1 amide bonds. The van der Waals surface area contributed by atoms with Gasteiger partial charge in [0.05, 0.1) is 11.0 Å². The SMILES string of the molecule is CCCn1c(NC(=O)c2cc(Cl)ccn2)nc2ccccc21. The Kier molecular flexibility index (Phi) is 4.06. The van der Waals surface area contributed by atoms with E-state index in [-0.39, 0.29) is 11.6 Å². The molecule has 112 valence electrons. The summed E-state index contributed by atoms with van der Waals surface area (Å²) in [7, 11) is 0. The van der Waals surface area contributed by atoms with Crippen LogP contribution in [0.4, 0.5) is 5.95 Å². The van der Waals surface area contributed by atoms with Gasteiger partial charge in [-0.3, -0.25) is 15.1 Å². The van der Waals surface area contributed by atoms with Gasteiger partial charge in [0, 0.05) is 17.8 Å². The highest BCUT2D eigenvalue weighted by Gasteiger charge is 2.14. The molecule has 0 saturated carbocycles. The lowest BCUT2D eigenvalue weighted by molar-refractivity contribution is 0.102. The number of aryl methyl sites for hydroxylation is 1. The molecule has 3 aromatic rings. The van der Waals surface area contributed by atoms with Gasteiger partial charge in [-0.25, -0.2) is 4.98 Å². The van der Waals surface area contributed by atoms with Crippen molar-refractivity contribution in [3.05, 3.63) is 53.3 Å². The lowest BCUT2D eigenvalue weighted by Gasteiger charge is -2.08. The minimum absolute atomic E-state index is 0.266. The number of halogens is 1. The summed E-state index contributed by atoms with van der Waals surface area (Å²) >= 11 is 5.90. The van der Waals surface area contributed by atoms with Gasteiger partial charge in [-0.2, -0.15) is 0 Å². The number of para-hydroxylation sites is 2. The molecule has 2 aromatic heterocycles. The monoisotopic (exact) mass is 314 g/mol. The van der Waals surface area contributed by atoms with Crippen molar-refractivity contribution in [1.82, 2.24) is 14.5 Å². The minimum Gasteiger partial charge on any atom is -0.310 e. The molecule has 0 radical (unpaired) electrons. The van der Waals surface area contributed by atoms with Gasteiger partial charge in [0.15, 0.2) is 0 Å². The van der Waals surface area contributed by atoms with Crippen LogP contribution in [-0.2, 0) is 6.54 Å². The molecule has 0 aliphatic rings. The van der Waals surface area contributed by atoms with E-state index in [2.05, 4.69) is 22.2 Å². The molecule has 5 nitrogen and oxygen atoms in total. The number of pyridine rings is 1. The third kappa shape index (κ3) is 2.80. The van der Waals surface area contributed by atoms with Crippen LogP contribution in [0.15, 0.2) is 42.6 Å². The summed E-state index contributed by atoms with van der Waals surface area (Å²) in [6.07, 6.45) is 2.45. The molecule has 6 heteroatoms. The van der Waals surface area contributed by atoms with Crippen molar-refractivity contribution in [3.63, 3.8) is 0 Å². The zero-order valence-electron chi connectivity index (χ0n) is 12.1. The largest absolute Gasteiger partial charge is 0.310 e. The van der Waals surface area contributed by atoms with Crippen LogP contribution in [0.25, 0.3) is 11.0 Å². The number of nitrogens with one attached hydrogen (secondary N) is 1. The van der Waals surface area contributed by atoms with Crippen LogP contribution in [0, 0.1) is 0 Å². The van der Waals surface area contributed by atoms with Gasteiger partial charge in [0.2, 0.25) is 5.95 Å². The molecule has 0 aliphatic carbocycles. The number of carbonyl (C=O) groups is 1. The van der Waals surface area contributed by atoms with E-state index in [1.807, 2.05) is 28.8 Å². The zero-order valence-corrected chi connectivity index (χ0v) is 12.8. The maximum Gasteiger partial charge on any atom is 0.276 e. The predicted molar refractivity (Wildman–Crippen MR) is 87.2 cm³/mol. The molecular formula is C16H15ClN4O. The number of anilines is 1. The first-order chi connectivity index (χ1) is 10.7. The number of hydrogen-bond donors (Lipinski definition) is 1. The first-order valence-corrected chi connectivity index (χ1v) is 7.45. The summed E-state index contributed by atoms with van der Waals surface area (Å²) in [4.78, 5) is 20.8. The lowest BCUT2D eigenvalue weighted by Crippen LogP contribution is -2.17. The molecule has 0 spiro atoms. The van der Waals surface area contributed by atoms with Crippen LogP contribution in [0.1, 0.15) is 23.8 Å². The number of nitrogens with zero attached hydrogens (tertiary/aromatic N) is 3. The van der Waals surface area contributed by atoms with Crippen molar-refractivity contribution < 1.29 is 4.79 Å². The molecule has 0 atom stereocenters. The van der Waals surface area contributed by atoms with E-state index in [9.17, 15) is 4.79 Å². The second-order valence-corrected chi connectivity index (χ2v) is 5.33. The van der Waals surface area contributed by atoms with Crippen LogP contribution in [0.2, 0.25) is 5.02 Å². The summed E-state index contributed by atoms with van der Waals surface area (Å²) in [5.41, 5.74) is 2.12. The fraction of sp³-hybridized carbons (Fsp3) is 0.188. The molecule has 1 aromatic carbocycles.